The molecule has 5 heterocycles. The third kappa shape index (κ3) is 19.2. The highest BCUT2D eigenvalue weighted by Crippen LogP contribution is 2.24. The summed E-state index contributed by atoms with van der Waals surface area (Å²) >= 11 is 2.84. The summed E-state index contributed by atoms with van der Waals surface area (Å²) < 4.78 is 16.9. The molecule has 1 aromatic heterocycles. The lowest BCUT2D eigenvalue weighted by molar-refractivity contribution is -0.148. The van der Waals surface area contributed by atoms with Crippen molar-refractivity contribution in [2.75, 3.05) is 89.5 Å². The van der Waals surface area contributed by atoms with E-state index in [1.807, 2.05) is 50.6 Å². The number of para-hydroxylation sites is 1. The molecule has 0 aliphatic carbocycles. The maximum atomic E-state index is 14.5. The number of carboxylic acid groups (broad SMARTS) is 1. The van der Waals surface area contributed by atoms with Gasteiger partial charge in [0.25, 0.3) is 0 Å². The SMILES string of the molecule is CSCC[C@H](NC(=O)CN1CCN2CC(=O)OC2CN2CC(=O)OC2CN2CC(=O)OC2C1)C(=O)N[C@@H](C)C(=O)N[C@@H](CC(C)C)C(=O)N[C@@H](Cc1c[nH]c2ccccc12)C(=O)N[C@@H](CCSC)C(=O)N[C@@H](CCCN=C(N)N)C(=O)O. The summed E-state index contributed by atoms with van der Waals surface area (Å²) in [6.45, 7) is 5.65. The summed E-state index contributed by atoms with van der Waals surface area (Å²) in [6.07, 6.45) is 3.65. The molecule has 4 saturated heterocycles. The largest absolute Gasteiger partial charge is 0.480 e. The molecule has 6 amide bonds. The van der Waals surface area contributed by atoms with E-state index in [9.17, 15) is 53.1 Å². The second-order valence-electron chi connectivity index (χ2n) is 21.0. The number of carbonyl (C=O) groups excluding carboxylic acids is 9. The third-order valence-electron chi connectivity index (χ3n) is 14.2. The van der Waals surface area contributed by atoms with Crippen LogP contribution in [0.5, 0.6) is 0 Å². The van der Waals surface area contributed by atoms with Crippen LogP contribution in [-0.4, -0.2) is 239 Å². The maximum absolute atomic E-state index is 14.5. The molecule has 2 aromatic rings. The number of amides is 6. The zero-order valence-electron chi connectivity index (χ0n) is 46.8. The highest BCUT2D eigenvalue weighted by atomic mass is 32.2. The van der Waals surface area contributed by atoms with Gasteiger partial charge in [-0.05, 0) is 80.6 Å². The van der Waals surface area contributed by atoms with Crippen LogP contribution in [0.1, 0.15) is 58.4 Å². The van der Waals surface area contributed by atoms with Gasteiger partial charge in [0, 0.05) is 43.2 Å². The molecule has 0 saturated carbocycles. The zero-order chi connectivity index (χ0) is 59.6. The number of hydrogen-bond donors (Lipinski definition) is 10. The minimum absolute atomic E-state index is 0.00636. The van der Waals surface area contributed by atoms with Crippen molar-refractivity contribution in [3.63, 3.8) is 0 Å². The number of thioether (sulfide) groups is 2. The Morgan fingerprint density at radius 3 is 1.80 bits per heavy atom. The van der Waals surface area contributed by atoms with Crippen LogP contribution < -0.4 is 43.4 Å². The van der Waals surface area contributed by atoms with Crippen LogP contribution in [0.2, 0.25) is 0 Å². The fourth-order valence-electron chi connectivity index (χ4n) is 9.90. The summed E-state index contributed by atoms with van der Waals surface area (Å²) in [5.41, 5.74) is 12.2. The van der Waals surface area contributed by atoms with E-state index in [4.69, 9.17) is 25.7 Å². The van der Waals surface area contributed by atoms with Crippen LogP contribution in [0.15, 0.2) is 35.5 Å². The highest BCUT2D eigenvalue weighted by Gasteiger charge is 2.44. The van der Waals surface area contributed by atoms with E-state index in [1.165, 1.54) is 30.4 Å². The number of rotatable bonds is 28. The summed E-state index contributed by atoms with van der Waals surface area (Å²) in [7, 11) is 0. The molecule has 3 unspecified atom stereocenters. The van der Waals surface area contributed by atoms with E-state index in [2.05, 4.69) is 41.9 Å². The van der Waals surface area contributed by atoms with Crippen LogP contribution >= 0.6 is 23.5 Å². The van der Waals surface area contributed by atoms with Gasteiger partial charge >= 0.3 is 23.9 Å². The smallest absolute Gasteiger partial charge is 0.326 e. The predicted octanol–water partition coefficient (Wildman–Crippen LogP) is -2.80. The van der Waals surface area contributed by atoms with Crippen LogP contribution in [0.4, 0.5) is 0 Å². The summed E-state index contributed by atoms with van der Waals surface area (Å²) in [4.78, 5) is 149. The van der Waals surface area contributed by atoms with E-state index in [0.717, 1.165) is 10.9 Å². The Balaban J connectivity index is 1.13. The van der Waals surface area contributed by atoms with Gasteiger partial charge in [-0.2, -0.15) is 23.5 Å². The van der Waals surface area contributed by atoms with Gasteiger partial charge in [0.1, 0.15) is 49.3 Å². The first-order valence-corrected chi connectivity index (χ1v) is 30.0. The molecule has 12 N–H and O–H groups in total. The second-order valence-corrected chi connectivity index (χ2v) is 23.0. The van der Waals surface area contributed by atoms with Crippen LogP contribution in [0, 0.1) is 5.92 Å². The van der Waals surface area contributed by atoms with Crippen molar-refractivity contribution in [3.8, 4) is 0 Å². The number of nitrogens with zero attached hydrogens (tertiary/aromatic N) is 5. The molecule has 4 aliphatic rings. The van der Waals surface area contributed by atoms with Crippen LogP contribution in [-0.2, 0) is 68.6 Å². The molecule has 28 nitrogen and oxygen atoms in total. The summed E-state index contributed by atoms with van der Waals surface area (Å²) in [6, 6.07) is -0.104. The lowest BCUT2D eigenvalue weighted by Crippen LogP contribution is -2.60. The average molecular weight is 1190 g/mol. The lowest BCUT2D eigenvalue weighted by Gasteiger charge is -2.35. The van der Waals surface area contributed by atoms with Crippen molar-refractivity contribution in [2.24, 2.45) is 22.4 Å². The number of carboxylic acids is 1. The normalized spacial score (nSPS) is 21.0. The number of fused-ring (bicyclic) bond motifs is 4. The Kier molecular flexibility index (Phi) is 24.4. The molecule has 9 atom stereocenters. The number of aliphatic carboxylic acids is 1. The van der Waals surface area contributed by atoms with Gasteiger partial charge in [0.05, 0.1) is 32.7 Å². The van der Waals surface area contributed by atoms with E-state index >= 15 is 0 Å². The Hall–Kier alpha value is -6.73. The Morgan fingerprint density at radius 2 is 1.20 bits per heavy atom. The molecule has 4 fully saturated rings. The first-order valence-electron chi connectivity index (χ1n) is 27.3. The number of esters is 3. The van der Waals surface area contributed by atoms with Crippen LogP contribution in [0.3, 0.4) is 0 Å². The molecule has 0 bridgehead atoms. The number of aromatic nitrogens is 1. The molecule has 4 aliphatic heterocycles. The van der Waals surface area contributed by atoms with Crippen molar-refractivity contribution in [3.05, 3.63) is 36.0 Å². The fraction of sp³-hybridized carbons (Fsp3) is 0.635. The standard InChI is InChI=1S/C52H78N14O14S2/c1-29(2)19-37(49(74)62-38(20-31-21-56-33-10-7-6-9-32(31)33)50(75)59-35(13-18-82-5)48(73)60-36(51(76)77)11-8-14-55-52(53)54)61-46(71)30(3)57-47(72)34(12-17-81-4)58-39(67)22-63-15-16-64-26-43(68)79-41(64)24-66-28-45(70)80-42(66)25-65-27-44(69)78-40(65)23-63/h6-7,9-10,21,29-30,34-38,40-42,56H,8,11-20,22-28H2,1-5H3,(H,57,72)(H,58,67)(H,59,75)(H,60,73)(H,61,71)(H,62,74)(H,76,77)(H4,53,54,55)/t30-,34-,35-,36-,37-,38-,40?,41?,42?/m0/s1. The van der Waals surface area contributed by atoms with Crippen molar-refractivity contribution in [1.29, 1.82) is 0 Å². The molecular weight excluding hydrogens is 1110 g/mol. The topological polar surface area (TPSA) is 384 Å². The van der Waals surface area contributed by atoms with E-state index < -0.39 is 114 Å². The van der Waals surface area contributed by atoms with Gasteiger partial charge < -0.3 is 67.7 Å². The molecule has 452 valence electrons. The Labute approximate surface area is 483 Å². The number of nitrogens with two attached hydrogens (primary N) is 2. The third-order valence-corrected chi connectivity index (χ3v) is 15.5. The monoisotopic (exact) mass is 1190 g/mol. The maximum Gasteiger partial charge on any atom is 0.326 e. The van der Waals surface area contributed by atoms with Crippen molar-refractivity contribution in [1.82, 2.24) is 56.5 Å². The van der Waals surface area contributed by atoms with Crippen molar-refractivity contribution >= 4 is 99.7 Å². The number of hydrogen-bond acceptors (Lipinski definition) is 20. The number of guanidine groups is 1. The Morgan fingerprint density at radius 1 is 0.671 bits per heavy atom. The number of ether oxygens (including phenoxy) is 3. The highest BCUT2D eigenvalue weighted by molar-refractivity contribution is 7.98. The first-order chi connectivity index (χ1) is 39.1. The summed E-state index contributed by atoms with van der Waals surface area (Å²) in [5, 5.41) is 27.0. The quantitative estimate of drug-likeness (QED) is 0.0135. The van der Waals surface area contributed by atoms with Gasteiger partial charge in [-0.1, -0.05) is 32.0 Å². The minimum atomic E-state index is -1.32. The molecule has 6 rings (SSSR count). The van der Waals surface area contributed by atoms with Gasteiger partial charge in [-0.3, -0.25) is 67.7 Å². The predicted molar refractivity (Wildman–Crippen MR) is 303 cm³/mol. The van der Waals surface area contributed by atoms with Crippen molar-refractivity contribution in [2.45, 2.75) is 114 Å². The molecule has 0 spiro atoms. The second kappa shape index (κ2) is 31.1. The molecular formula is C52H78N14O14S2. The Bertz CT molecular complexity index is 2640. The lowest BCUT2D eigenvalue weighted by atomic mass is 10.00. The number of H-pyrrole nitrogens is 1. The molecule has 82 heavy (non-hydrogen) atoms. The fourth-order valence-corrected chi connectivity index (χ4v) is 10.8. The average Bonchev–Trinajstić information content (AvgIpc) is 4.30. The number of aliphatic imine (C=N–C) groups is 1. The molecule has 1 aromatic carbocycles. The number of carbonyl (C=O) groups is 10. The van der Waals surface area contributed by atoms with E-state index in [-0.39, 0.29) is 116 Å². The van der Waals surface area contributed by atoms with E-state index in [0.29, 0.717) is 17.1 Å². The molecule has 0 radical (unpaired) electrons. The number of benzene rings is 1. The number of aromatic amines is 1. The van der Waals surface area contributed by atoms with Crippen LogP contribution in [0.25, 0.3) is 10.9 Å². The summed E-state index contributed by atoms with van der Waals surface area (Å²) in [5.74, 6) is -6.39. The van der Waals surface area contributed by atoms with Gasteiger partial charge in [-0.25, -0.2) is 4.79 Å². The van der Waals surface area contributed by atoms with Gasteiger partial charge in [0.15, 0.2) is 24.6 Å². The van der Waals surface area contributed by atoms with E-state index in [1.54, 1.807) is 25.8 Å². The molecule has 30 heteroatoms. The van der Waals surface area contributed by atoms with Gasteiger partial charge in [0.2, 0.25) is 35.4 Å². The minimum Gasteiger partial charge on any atom is -0.480 e. The zero-order valence-corrected chi connectivity index (χ0v) is 48.5. The van der Waals surface area contributed by atoms with Crippen molar-refractivity contribution < 1.29 is 67.3 Å². The first kappa shape index (κ1) is 64.4. The number of nitrogens with one attached hydrogen (secondary N) is 7. The van der Waals surface area contributed by atoms with Gasteiger partial charge in [-0.15, -0.1) is 0 Å².